The highest BCUT2D eigenvalue weighted by Gasteiger charge is 2.05. The van der Waals surface area contributed by atoms with Gasteiger partial charge in [-0.15, -0.1) is 5.10 Å². The van der Waals surface area contributed by atoms with E-state index in [-0.39, 0.29) is 0 Å². The first-order valence-electron chi connectivity index (χ1n) is 6.03. The molecule has 0 aliphatic carbocycles. The van der Waals surface area contributed by atoms with Crippen molar-refractivity contribution in [1.82, 2.24) is 15.0 Å². The van der Waals surface area contributed by atoms with Crippen molar-refractivity contribution in [2.45, 2.75) is 51.8 Å². The molecule has 0 saturated carbocycles. The van der Waals surface area contributed by atoms with Crippen molar-refractivity contribution in [2.75, 3.05) is 6.26 Å². The minimum atomic E-state index is 0.626. The van der Waals surface area contributed by atoms with E-state index < -0.39 is 0 Å². The summed E-state index contributed by atoms with van der Waals surface area (Å²) in [6.07, 6.45) is 7.70. The molecule has 0 N–H and O–H groups in total. The van der Waals surface area contributed by atoms with Crippen LogP contribution in [0, 0.1) is 5.92 Å². The fraction of sp³-hybridized carbons (Fsp3) is 0.833. The van der Waals surface area contributed by atoms with Gasteiger partial charge in [0.1, 0.15) is 0 Å². The molecular weight excluding hydrogens is 218 g/mol. The van der Waals surface area contributed by atoms with Crippen LogP contribution in [-0.4, -0.2) is 26.5 Å². The average molecular weight is 241 g/mol. The third-order valence-corrected chi connectivity index (χ3v) is 3.63. The Bertz CT molecular complexity index is 296. The van der Waals surface area contributed by atoms with Gasteiger partial charge in [0.25, 0.3) is 0 Å². The molecule has 1 unspecified atom stereocenters. The first-order valence-corrected chi connectivity index (χ1v) is 7.32. The van der Waals surface area contributed by atoms with Gasteiger partial charge in [0.2, 0.25) is 0 Å². The van der Waals surface area contributed by atoms with Crippen LogP contribution < -0.4 is 0 Å². The summed E-state index contributed by atoms with van der Waals surface area (Å²) in [5.41, 5.74) is 1.12. The molecule has 1 aromatic heterocycles. The normalized spacial score (nSPS) is 13.3. The zero-order valence-corrected chi connectivity index (χ0v) is 11.6. The van der Waals surface area contributed by atoms with Gasteiger partial charge in [-0.2, -0.15) is 11.8 Å². The predicted octanol–water partition coefficient (Wildman–Crippen LogP) is 3.01. The maximum atomic E-state index is 4.20. The van der Waals surface area contributed by atoms with Crippen LogP contribution in [0.2, 0.25) is 0 Å². The van der Waals surface area contributed by atoms with Gasteiger partial charge in [-0.1, -0.05) is 26.0 Å². The van der Waals surface area contributed by atoms with E-state index >= 15 is 0 Å². The smallest absolute Gasteiger partial charge is 0.0838 e. The molecule has 1 heterocycles. The van der Waals surface area contributed by atoms with Gasteiger partial charge in [-0.25, -0.2) is 0 Å². The number of thioether (sulfide) groups is 1. The van der Waals surface area contributed by atoms with Crippen LogP contribution in [0.25, 0.3) is 0 Å². The zero-order chi connectivity index (χ0) is 12.0. The quantitative estimate of drug-likeness (QED) is 0.735. The number of aryl methyl sites for hydroxylation is 1. The molecule has 0 amide bonds. The molecule has 1 atom stereocenters. The van der Waals surface area contributed by atoms with E-state index in [0.717, 1.165) is 24.6 Å². The Morgan fingerprint density at radius 1 is 1.38 bits per heavy atom. The Kier molecular flexibility index (Phi) is 5.88. The van der Waals surface area contributed by atoms with E-state index in [1.807, 2.05) is 16.4 Å². The molecule has 3 nitrogen and oxygen atoms in total. The second-order valence-electron chi connectivity index (χ2n) is 4.76. The van der Waals surface area contributed by atoms with Crippen molar-refractivity contribution in [3.8, 4) is 0 Å². The molecule has 0 spiro atoms. The lowest BCUT2D eigenvalue weighted by molar-refractivity contribution is 0.482. The van der Waals surface area contributed by atoms with E-state index in [2.05, 4.69) is 43.5 Å². The summed E-state index contributed by atoms with van der Waals surface area (Å²) in [5.74, 6) is 0.777. The van der Waals surface area contributed by atoms with Crippen molar-refractivity contribution in [1.29, 1.82) is 0 Å². The summed E-state index contributed by atoms with van der Waals surface area (Å²) >= 11 is 1.87. The third kappa shape index (κ3) is 5.01. The van der Waals surface area contributed by atoms with Gasteiger partial charge >= 0.3 is 0 Å². The zero-order valence-electron chi connectivity index (χ0n) is 10.8. The van der Waals surface area contributed by atoms with E-state index in [4.69, 9.17) is 0 Å². The average Bonchev–Trinajstić information content (AvgIpc) is 2.65. The number of rotatable bonds is 7. The number of nitrogens with zero attached hydrogens (tertiary/aromatic N) is 3. The van der Waals surface area contributed by atoms with Crippen LogP contribution >= 0.6 is 11.8 Å². The number of hydrogen-bond acceptors (Lipinski definition) is 3. The summed E-state index contributed by atoms with van der Waals surface area (Å²) in [6, 6.07) is 0. The topological polar surface area (TPSA) is 30.7 Å². The highest BCUT2D eigenvalue weighted by atomic mass is 32.2. The van der Waals surface area contributed by atoms with Crippen molar-refractivity contribution < 1.29 is 0 Å². The highest BCUT2D eigenvalue weighted by Crippen LogP contribution is 2.11. The SMILES string of the molecule is CSC(C)Cc1cn(CCCC(C)C)nn1. The third-order valence-electron chi connectivity index (χ3n) is 2.65. The standard InChI is InChI=1S/C12H23N3S/c1-10(2)6-5-7-15-9-12(13-14-15)8-11(3)16-4/h9-11H,5-8H2,1-4H3. The summed E-state index contributed by atoms with van der Waals surface area (Å²) < 4.78 is 1.98. The summed E-state index contributed by atoms with van der Waals surface area (Å²) in [6.45, 7) is 7.74. The summed E-state index contributed by atoms with van der Waals surface area (Å²) in [7, 11) is 0. The van der Waals surface area contributed by atoms with Crippen LogP contribution in [0.15, 0.2) is 6.20 Å². The summed E-state index contributed by atoms with van der Waals surface area (Å²) in [4.78, 5) is 0. The molecule has 4 heteroatoms. The Morgan fingerprint density at radius 2 is 2.12 bits per heavy atom. The fourth-order valence-electron chi connectivity index (χ4n) is 1.58. The van der Waals surface area contributed by atoms with Crippen molar-refractivity contribution in [3.05, 3.63) is 11.9 Å². The maximum absolute atomic E-state index is 4.20. The molecule has 16 heavy (non-hydrogen) atoms. The van der Waals surface area contributed by atoms with E-state index in [0.29, 0.717) is 5.25 Å². The Morgan fingerprint density at radius 3 is 2.75 bits per heavy atom. The Labute approximate surface area is 103 Å². The van der Waals surface area contributed by atoms with Crippen LogP contribution in [0.1, 0.15) is 39.3 Å². The number of aromatic nitrogens is 3. The molecule has 92 valence electrons. The molecule has 1 aromatic rings. The molecule has 0 fully saturated rings. The monoisotopic (exact) mass is 241 g/mol. The predicted molar refractivity (Wildman–Crippen MR) is 70.8 cm³/mol. The fourth-order valence-corrected chi connectivity index (χ4v) is 1.92. The van der Waals surface area contributed by atoms with Crippen molar-refractivity contribution >= 4 is 11.8 Å². The van der Waals surface area contributed by atoms with Gasteiger partial charge < -0.3 is 0 Å². The lowest BCUT2D eigenvalue weighted by Crippen LogP contribution is -2.01. The Balaban J connectivity index is 2.33. The largest absolute Gasteiger partial charge is 0.252 e. The van der Waals surface area contributed by atoms with Crippen molar-refractivity contribution in [3.63, 3.8) is 0 Å². The van der Waals surface area contributed by atoms with E-state index in [9.17, 15) is 0 Å². The van der Waals surface area contributed by atoms with Gasteiger partial charge in [0.15, 0.2) is 0 Å². The number of hydrogen-bond donors (Lipinski definition) is 0. The molecule has 0 aromatic carbocycles. The molecule has 0 bridgehead atoms. The van der Waals surface area contributed by atoms with Gasteiger partial charge in [-0.3, -0.25) is 4.68 Å². The highest BCUT2D eigenvalue weighted by molar-refractivity contribution is 7.99. The first-order chi connectivity index (χ1) is 7.61. The first kappa shape index (κ1) is 13.6. The van der Waals surface area contributed by atoms with Gasteiger partial charge in [0.05, 0.1) is 5.69 Å². The molecule has 0 radical (unpaired) electrons. The second kappa shape index (κ2) is 6.94. The minimum Gasteiger partial charge on any atom is -0.252 e. The van der Waals surface area contributed by atoms with Crippen molar-refractivity contribution in [2.24, 2.45) is 5.92 Å². The second-order valence-corrected chi connectivity index (χ2v) is 6.04. The minimum absolute atomic E-state index is 0.626. The molecular formula is C12H23N3S. The van der Waals surface area contributed by atoms with Crippen LogP contribution in [0.3, 0.4) is 0 Å². The van der Waals surface area contributed by atoms with E-state index in [1.54, 1.807) is 0 Å². The summed E-state index contributed by atoms with van der Waals surface area (Å²) in [5, 5.41) is 8.99. The van der Waals surface area contributed by atoms with Gasteiger partial charge in [-0.05, 0) is 25.0 Å². The lowest BCUT2D eigenvalue weighted by atomic mass is 10.1. The molecule has 0 saturated heterocycles. The van der Waals surface area contributed by atoms with Crippen LogP contribution in [0.5, 0.6) is 0 Å². The van der Waals surface area contributed by atoms with E-state index in [1.165, 1.54) is 12.8 Å². The molecule has 1 rings (SSSR count). The Hall–Kier alpha value is -0.510. The maximum Gasteiger partial charge on any atom is 0.0838 e. The molecule has 0 aliphatic rings. The lowest BCUT2D eigenvalue weighted by Gasteiger charge is -2.04. The van der Waals surface area contributed by atoms with Crippen LogP contribution in [-0.2, 0) is 13.0 Å². The molecule has 0 aliphatic heterocycles. The van der Waals surface area contributed by atoms with Crippen LogP contribution in [0.4, 0.5) is 0 Å². The van der Waals surface area contributed by atoms with Gasteiger partial charge in [0, 0.05) is 24.4 Å².